The van der Waals surface area contributed by atoms with Gasteiger partial charge in [-0.1, -0.05) is 18.2 Å². The van der Waals surface area contributed by atoms with Crippen LogP contribution in [-0.4, -0.2) is 27.0 Å². The van der Waals surface area contributed by atoms with Crippen molar-refractivity contribution in [2.45, 2.75) is 25.7 Å². The molecule has 3 N–H and O–H groups in total. The number of pyridine rings is 1. The fourth-order valence-electron chi connectivity index (χ4n) is 4.26. The van der Waals surface area contributed by atoms with Crippen LogP contribution in [0.3, 0.4) is 0 Å². The molecule has 0 fully saturated rings. The van der Waals surface area contributed by atoms with Crippen LogP contribution < -0.4 is 5.32 Å². The molecular weight excluding hydrogens is 366 g/mol. The first kappa shape index (κ1) is 17.4. The smallest absolute Gasteiger partial charge is 0.352 e. The van der Waals surface area contributed by atoms with Gasteiger partial charge in [-0.3, -0.25) is 9.78 Å². The van der Waals surface area contributed by atoms with Crippen molar-refractivity contribution < 1.29 is 14.7 Å². The van der Waals surface area contributed by atoms with Crippen molar-refractivity contribution in [1.29, 1.82) is 0 Å². The second kappa shape index (κ2) is 6.74. The monoisotopic (exact) mass is 385 g/mol. The van der Waals surface area contributed by atoms with Crippen molar-refractivity contribution in [3.63, 3.8) is 0 Å². The van der Waals surface area contributed by atoms with E-state index in [4.69, 9.17) is 0 Å². The number of carboxylic acid groups (broad SMARTS) is 1. The highest BCUT2D eigenvalue weighted by Crippen LogP contribution is 2.37. The summed E-state index contributed by atoms with van der Waals surface area (Å²) < 4.78 is 0. The number of nitrogens with zero attached hydrogens (tertiary/aromatic N) is 1. The average molecular weight is 385 g/mol. The first-order valence-corrected chi connectivity index (χ1v) is 9.66. The van der Waals surface area contributed by atoms with Gasteiger partial charge in [-0.2, -0.15) is 0 Å². The molecule has 0 spiro atoms. The van der Waals surface area contributed by atoms with Gasteiger partial charge in [0.25, 0.3) is 5.91 Å². The zero-order valence-electron chi connectivity index (χ0n) is 15.7. The molecule has 0 saturated carbocycles. The molecule has 2 aromatic heterocycles. The van der Waals surface area contributed by atoms with Crippen LogP contribution in [0.5, 0.6) is 0 Å². The summed E-state index contributed by atoms with van der Waals surface area (Å²) in [5.41, 5.74) is 6.94. The van der Waals surface area contributed by atoms with E-state index in [0.717, 1.165) is 64.9 Å². The number of nitrogens with one attached hydrogen (secondary N) is 2. The van der Waals surface area contributed by atoms with Crippen LogP contribution >= 0.6 is 0 Å². The molecule has 144 valence electrons. The second-order valence-electron chi connectivity index (χ2n) is 7.40. The van der Waals surface area contributed by atoms with Crippen LogP contribution in [0.2, 0.25) is 0 Å². The number of aromatic nitrogens is 2. The number of carbonyl (C=O) groups is 2. The van der Waals surface area contributed by atoms with Crippen molar-refractivity contribution in [2.75, 3.05) is 5.32 Å². The quantitative estimate of drug-likeness (QED) is 0.590. The number of H-pyrrole nitrogens is 1. The van der Waals surface area contributed by atoms with Crippen molar-refractivity contribution in [3.8, 4) is 11.1 Å². The number of carbonyl (C=O) groups excluding carboxylic acids is 1. The summed E-state index contributed by atoms with van der Waals surface area (Å²) in [6, 6.07) is 9.69. The first-order valence-electron chi connectivity index (χ1n) is 9.66. The third-order valence-electron chi connectivity index (χ3n) is 5.65. The number of benzene rings is 1. The zero-order chi connectivity index (χ0) is 20.0. The molecule has 1 aliphatic heterocycles. The third-order valence-corrected chi connectivity index (χ3v) is 5.65. The average Bonchev–Trinajstić information content (AvgIpc) is 3.26. The largest absolute Gasteiger partial charge is 0.477 e. The van der Waals surface area contributed by atoms with E-state index in [9.17, 15) is 14.7 Å². The van der Waals surface area contributed by atoms with E-state index < -0.39 is 5.97 Å². The Morgan fingerprint density at radius 1 is 1.10 bits per heavy atom. The van der Waals surface area contributed by atoms with Crippen LogP contribution in [0.15, 0.2) is 42.7 Å². The molecular formula is C23H19N3O3. The molecule has 1 aliphatic carbocycles. The predicted octanol–water partition coefficient (Wildman–Crippen LogP) is 4.15. The van der Waals surface area contributed by atoms with E-state index in [1.165, 1.54) is 0 Å². The lowest BCUT2D eigenvalue weighted by molar-refractivity contribution is -0.110. The Hall–Kier alpha value is -3.67. The van der Waals surface area contributed by atoms with Gasteiger partial charge in [0, 0.05) is 34.9 Å². The SMILES string of the molecule is O=C1Nc2cc(-c3cccnc3)ccc2/C1=C/c1[nH]c(C(=O)O)c2c1CCCC2. The van der Waals surface area contributed by atoms with E-state index in [0.29, 0.717) is 5.57 Å². The molecule has 5 rings (SSSR count). The molecule has 2 aliphatic rings. The summed E-state index contributed by atoms with van der Waals surface area (Å²) in [7, 11) is 0. The van der Waals surface area contributed by atoms with E-state index in [1.807, 2.05) is 30.3 Å². The topological polar surface area (TPSA) is 95.1 Å². The van der Waals surface area contributed by atoms with Gasteiger partial charge >= 0.3 is 5.97 Å². The summed E-state index contributed by atoms with van der Waals surface area (Å²) in [5.74, 6) is -1.13. The van der Waals surface area contributed by atoms with Gasteiger partial charge in [-0.05, 0) is 60.6 Å². The molecule has 29 heavy (non-hydrogen) atoms. The Labute approximate surface area is 167 Å². The van der Waals surface area contributed by atoms with Crippen molar-refractivity contribution in [1.82, 2.24) is 9.97 Å². The van der Waals surface area contributed by atoms with E-state index in [2.05, 4.69) is 15.3 Å². The lowest BCUT2D eigenvalue weighted by Gasteiger charge is -2.12. The summed E-state index contributed by atoms with van der Waals surface area (Å²) in [6.07, 6.45) is 8.90. The summed E-state index contributed by atoms with van der Waals surface area (Å²) in [4.78, 5) is 31.5. The molecule has 0 radical (unpaired) electrons. The highest BCUT2D eigenvalue weighted by Gasteiger charge is 2.27. The molecule has 3 aromatic rings. The number of aromatic carboxylic acids is 1. The highest BCUT2D eigenvalue weighted by molar-refractivity contribution is 6.35. The zero-order valence-corrected chi connectivity index (χ0v) is 15.7. The van der Waals surface area contributed by atoms with Crippen LogP contribution in [0.25, 0.3) is 22.8 Å². The number of rotatable bonds is 3. The van der Waals surface area contributed by atoms with Gasteiger partial charge in [-0.15, -0.1) is 0 Å². The maximum absolute atomic E-state index is 12.7. The molecule has 1 amide bonds. The number of fused-ring (bicyclic) bond motifs is 2. The molecule has 0 atom stereocenters. The summed E-state index contributed by atoms with van der Waals surface area (Å²) in [6.45, 7) is 0. The second-order valence-corrected chi connectivity index (χ2v) is 7.40. The van der Waals surface area contributed by atoms with Gasteiger partial charge in [0.05, 0.1) is 5.57 Å². The van der Waals surface area contributed by atoms with Crippen LogP contribution in [-0.2, 0) is 17.6 Å². The molecule has 6 nitrogen and oxygen atoms in total. The lowest BCUT2D eigenvalue weighted by Crippen LogP contribution is -2.06. The fraction of sp³-hybridized carbons (Fsp3) is 0.174. The molecule has 0 bridgehead atoms. The van der Waals surface area contributed by atoms with Crippen LogP contribution in [0, 0.1) is 0 Å². The Kier molecular flexibility index (Phi) is 4.05. The van der Waals surface area contributed by atoms with Gasteiger partial charge in [-0.25, -0.2) is 4.79 Å². The number of carboxylic acids is 1. The fourth-order valence-corrected chi connectivity index (χ4v) is 4.26. The molecule has 1 aromatic carbocycles. The number of hydrogen-bond acceptors (Lipinski definition) is 3. The first-order chi connectivity index (χ1) is 14.1. The van der Waals surface area contributed by atoms with Crippen molar-refractivity contribution in [2.24, 2.45) is 0 Å². The molecule has 0 saturated heterocycles. The highest BCUT2D eigenvalue weighted by atomic mass is 16.4. The van der Waals surface area contributed by atoms with Crippen molar-refractivity contribution in [3.05, 3.63) is 70.8 Å². The van der Waals surface area contributed by atoms with Gasteiger partial charge in [0.1, 0.15) is 5.69 Å². The van der Waals surface area contributed by atoms with Crippen LogP contribution in [0.4, 0.5) is 5.69 Å². The predicted molar refractivity (Wildman–Crippen MR) is 111 cm³/mol. The summed E-state index contributed by atoms with van der Waals surface area (Å²) in [5, 5.41) is 12.5. The maximum Gasteiger partial charge on any atom is 0.352 e. The van der Waals surface area contributed by atoms with Gasteiger partial charge in [0.15, 0.2) is 0 Å². The Morgan fingerprint density at radius 2 is 1.93 bits per heavy atom. The normalized spacial score (nSPS) is 16.4. The van der Waals surface area contributed by atoms with E-state index >= 15 is 0 Å². The third kappa shape index (κ3) is 2.93. The Balaban J connectivity index is 1.58. The minimum Gasteiger partial charge on any atom is -0.477 e. The number of aromatic amines is 1. The summed E-state index contributed by atoms with van der Waals surface area (Å²) >= 11 is 0. The number of hydrogen-bond donors (Lipinski definition) is 3. The van der Waals surface area contributed by atoms with Gasteiger partial charge in [0.2, 0.25) is 0 Å². The molecule has 0 unspecified atom stereocenters. The lowest BCUT2D eigenvalue weighted by atomic mass is 9.91. The Bertz CT molecular complexity index is 1180. The molecule has 3 heterocycles. The number of amides is 1. The maximum atomic E-state index is 12.7. The number of anilines is 1. The van der Waals surface area contributed by atoms with E-state index in [-0.39, 0.29) is 11.6 Å². The minimum absolute atomic E-state index is 0.181. The van der Waals surface area contributed by atoms with Gasteiger partial charge < -0.3 is 15.4 Å². The minimum atomic E-state index is -0.954. The molecule has 6 heteroatoms. The Morgan fingerprint density at radius 3 is 2.69 bits per heavy atom. The van der Waals surface area contributed by atoms with Crippen molar-refractivity contribution >= 4 is 29.2 Å². The standard InChI is InChI=1S/C23H19N3O3/c27-22-18(11-20-15-5-1-2-6-17(15)21(25-20)23(28)29)16-8-7-13(10-19(16)26-22)14-4-3-9-24-12-14/h3-4,7-12,25H,1-2,5-6H2,(H,26,27)(H,28,29)/b18-11-. The van der Waals surface area contributed by atoms with Crippen LogP contribution in [0.1, 0.15) is 45.7 Å². The van der Waals surface area contributed by atoms with E-state index in [1.54, 1.807) is 18.5 Å².